The first kappa shape index (κ1) is 14.9. The predicted octanol–water partition coefficient (Wildman–Crippen LogP) is 2.86. The van der Waals surface area contributed by atoms with Crippen molar-refractivity contribution in [1.29, 1.82) is 0 Å². The molecule has 2 aromatic rings. The average Bonchev–Trinajstić information content (AvgIpc) is 2.53. The normalized spacial score (nSPS) is 9.95. The number of benzene rings is 2. The zero-order chi connectivity index (χ0) is 14.9. The van der Waals surface area contributed by atoms with Crippen LogP contribution in [-0.2, 0) is 16.0 Å². The molecule has 0 amide bonds. The largest absolute Gasteiger partial charge is 0.497 e. The molecular formula is C17H18O4. The Morgan fingerprint density at radius 3 is 2.29 bits per heavy atom. The van der Waals surface area contributed by atoms with E-state index in [2.05, 4.69) is 0 Å². The molecule has 0 spiro atoms. The van der Waals surface area contributed by atoms with Crippen molar-refractivity contribution in [1.82, 2.24) is 0 Å². The van der Waals surface area contributed by atoms with Crippen LogP contribution in [0.25, 0.3) is 0 Å². The molecule has 110 valence electrons. The summed E-state index contributed by atoms with van der Waals surface area (Å²) in [6.45, 7) is 0.586. The number of hydrogen-bond donors (Lipinski definition) is 0. The Kier molecular flexibility index (Phi) is 5.64. The molecule has 0 bridgehead atoms. The fraction of sp³-hybridized carbons (Fsp3) is 0.235. The highest BCUT2D eigenvalue weighted by Crippen LogP contribution is 2.12. The molecule has 2 rings (SSSR count). The van der Waals surface area contributed by atoms with Gasteiger partial charge in [-0.25, -0.2) is 0 Å². The maximum absolute atomic E-state index is 11.7. The summed E-state index contributed by atoms with van der Waals surface area (Å²) in [5.41, 5.74) is 0.893. The minimum atomic E-state index is -0.267. The first-order valence-electron chi connectivity index (χ1n) is 6.74. The van der Waals surface area contributed by atoms with Gasteiger partial charge in [0.25, 0.3) is 0 Å². The number of methoxy groups -OCH3 is 1. The molecule has 0 atom stereocenters. The van der Waals surface area contributed by atoms with E-state index in [1.807, 2.05) is 54.6 Å². The van der Waals surface area contributed by atoms with Crippen LogP contribution in [0.1, 0.15) is 5.56 Å². The van der Waals surface area contributed by atoms with E-state index < -0.39 is 0 Å². The summed E-state index contributed by atoms with van der Waals surface area (Å²) >= 11 is 0. The number of ether oxygens (including phenoxy) is 3. The fourth-order valence-corrected chi connectivity index (χ4v) is 1.79. The molecule has 4 nitrogen and oxygen atoms in total. The Morgan fingerprint density at radius 2 is 1.62 bits per heavy atom. The first-order chi connectivity index (χ1) is 10.3. The molecule has 0 unspecified atom stereocenters. The molecule has 0 aromatic heterocycles. The van der Waals surface area contributed by atoms with Crippen molar-refractivity contribution in [2.75, 3.05) is 20.3 Å². The molecular weight excluding hydrogens is 268 g/mol. The monoisotopic (exact) mass is 286 g/mol. The summed E-state index contributed by atoms with van der Waals surface area (Å²) in [5.74, 6) is 1.27. The number of hydrogen-bond acceptors (Lipinski definition) is 4. The van der Waals surface area contributed by atoms with Crippen LogP contribution >= 0.6 is 0 Å². The number of esters is 1. The third-order valence-electron chi connectivity index (χ3n) is 2.87. The van der Waals surface area contributed by atoms with Crippen LogP contribution in [0.4, 0.5) is 0 Å². The standard InChI is InChI=1S/C17H18O4/c1-19-15-9-7-14(8-10-15)13-17(18)21-12-11-20-16-5-3-2-4-6-16/h2-10H,11-13H2,1H3. The summed E-state index contributed by atoms with van der Waals surface area (Å²) in [5, 5.41) is 0. The van der Waals surface area contributed by atoms with Crippen molar-refractivity contribution in [3.63, 3.8) is 0 Å². The molecule has 0 fully saturated rings. The highest BCUT2D eigenvalue weighted by Gasteiger charge is 2.05. The van der Waals surface area contributed by atoms with Gasteiger partial charge in [-0.1, -0.05) is 30.3 Å². The van der Waals surface area contributed by atoms with Crippen LogP contribution in [-0.4, -0.2) is 26.3 Å². The summed E-state index contributed by atoms with van der Waals surface area (Å²) in [4.78, 5) is 11.7. The molecule has 0 saturated heterocycles. The molecule has 0 aliphatic carbocycles. The van der Waals surface area contributed by atoms with Crippen molar-refractivity contribution >= 4 is 5.97 Å². The molecule has 21 heavy (non-hydrogen) atoms. The molecule has 0 aliphatic heterocycles. The van der Waals surface area contributed by atoms with Crippen molar-refractivity contribution < 1.29 is 19.0 Å². The molecule has 0 N–H and O–H groups in total. The van der Waals surface area contributed by atoms with Gasteiger partial charge in [-0.3, -0.25) is 4.79 Å². The Hall–Kier alpha value is -2.49. The predicted molar refractivity (Wildman–Crippen MR) is 79.6 cm³/mol. The van der Waals surface area contributed by atoms with Gasteiger partial charge in [-0.05, 0) is 29.8 Å². The maximum Gasteiger partial charge on any atom is 0.310 e. The van der Waals surface area contributed by atoms with Crippen LogP contribution in [0, 0.1) is 0 Å². The van der Waals surface area contributed by atoms with Gasteiger partial charge < -0.3 is 14.2 Å². The lowest BCUT2D eigenvalue weighted by Gasteiger charge is -2.07. The van der Waals surface area contributed by atoms with E-state index >= 15 is 0 Å². The van der Waals surface area contributed by atoms with Crippen LogP contribution in [0.15, 0.2) is 54.6 Å². The highest BCUT2D eigenvalue weighted by atomic mass is 16.6. The van der Waals surface area contributed by atoms with Gasteiger partial charge in [0.2, 0.25) is 0 Å². The van der Waals surface area contributed by atoms with Gasteiger partial charge in [0, 0.05) is 0 Å². The van der Waals surface area contributed by atoms with Crippen molar-refractivity contribution in [2.45, 2.75) is 6.42 Å². The van der Waals surface area contributed by atoms with E-state index in [9.17, 15) is 4.79 Å². The molecule has 0 heterocycles. The zero-order valence-corrected chi connectivity index (χ0v) is 12.0. The number of carbonyl (C=O) groups excluding carboxylic acids is 1. The lowest BCUT2D eigenvalue weighted by molar-refractivity contribution is -0.143. The smallest absolute Gasteiger partial charge is 0.310 e. The van der Waals surface area contributed by atoms with Gasteiger partial charge in [0.05, 0.1) is 13.5 Å². The number of para-hydroxylation sites is 1. The van der Waals surface area contributed by atoms with Crippen LogP contribution < -0.4 is 9.47 Å². The average molecular weight is 286 g/mol. The van der Waals surface area contributed by atoms with E-state index in [0.717, 1.165) is 17.1 Å². The van der Waals surface area contributed by atoms with Gasteiger partial charge in [-0.15, -0.1) is 0 Å². The molecule has 0 aliphatic rings. The SMILES string of the molecule is COc1ccc(CC(=O)OCCOc2ccccc2)cc1. The quantitative estimate of drug-likeness (QED) is 0.580. The van der Waals surface area contributed by atoms with Crippen molar-refractivity contribution in [3.8, 4) is 11.5 Å². The first-order valence-corrected chi connectivity index (χ1v) is 6.74. The molecule has 2 aromatic carbocycles. The van der Waals surface area contributed by atoms with Gasteiger partial charge in [0.1, 0.15) is 24.7 Å². The highest BCUT2D eigenvalue weighted by molar-refractivity contribution is 5.72. The van der Waals surface area contributed by atoms with Gasteiger partial charge >= 0.3 is 5.97 Å². The number of rotatable bonds is 7. The Bertz CT molecular complexity index is 549. The summed E-state index contributed by atoms with van der Waals surface area (Å²) in [7, 11) is 1.61. The van der Waals surface area contributed by atoms with E-state index in [4.69, 9.17) is 14.2 Å². The summed E-state index contributed by atoms with van der Waals surface area (Å²) < 4.78 is 15.6. The second kappa shape index (κ2) is 7.94. The van der Waals surface area contributed by atoms with Crippen molar-refractivity contribution in [3.05, 3.63) is 60.2 Å². The van der Waals surface area contributed by atoms with E-state index in [0.29, 0.717) is 6.61 Å². The second-order valence-electron chi connectivity index (χ2n) is 4.41. The Labute approximate surface area is 124 Å². The van der Waals surface area contributed by atoms with E-state index in [1.54, 1.807) is 7.11 Å². The van der Waals surface area contributed by atoms with E-state index in [-0.39, 0.29) is 19.0 Å². The third-order valence-corrected chi connectivity index (χ3v) is 2.87. The molecule has 0 saturated carbocycles. The minimum absolute atomic E-state index is 0.240. The molecule has 4 heteroatoms. The lowest BCUT2D eigenvalue weighted by Crippen LogP contribution is -2.13. The minimum Gasteiger partial charge on any atom is -0.497 e. The summed E-state index contributed by atoms with van der Waals surface area (Å²) in [6.07, 6.45) is 0.245. The van der Waals surface area contributed by atoms with Gasteiger partial charge in [-0.2, -0.15) is 0 Å². The van der Waals surface area contributed by atoms with Crippen LogP contribution in [0.5, 0.6) is 11.5 Å². The van der Waals surface area contributed by atoms with Crippen molar-refractivity contribution in [2.24, 2.45) is 0 Å². The summed E-state index contributed by atoms with van der Waals surface area (Å²) in [6, 6.07) is 16.8. The van der Waals surface area contributed by atoms with Crippen LogP contribution in [0.2, 0.25) is 0 Å². The van der Waals surface area contributed by atoms with E-state index in [1.165, 1.54) is 0 Å². The van der Waals surface area contributed by atoms with Gasteiger partial charge in [0.15, 0.2) is 0 Å². The maximum atomic E-state index is 11.7. The molecule has 0 radical (unpaired) electrons. The Balaban J connectivity index is 1.67. The lowest BCUT2D eigenvalue weighted by atomic mass is 10.1. The fourth-order valence-electron chi connectivity index (χ4n) is 1.79. The van der Waals surface area contributed by atoms with Crippen LogP contribution in [0.3, 0.4) is 0 Å². The number of carbonyl (C=O) groups is 1. The zero-order valence-electron chi connectivity index (χ0n) is 12.0. The third kappa shape index (κ3) is 5.18. The Morgan fingerprint density at radius 1 is 0.905 bits per heavy atom. The topological polar surface area (TPSA) is 44.8 Å². The second-order valence-corrected chi connectivity index (χ2v) is 4.41.